The van der Waals surface area contributed by atoms with E-state index in [0.717, 1.165) is 37.4 Å². The predicted octanol–water partition coefficient (Wildman–Crippen LogP) is 3.90. The zero-order valence-corrected chi connectivity index (χ0v) is 14.3. The fourth-order valence-electron chi connectivity index (χ4n) is 3.18. The van der Waals surface area contributed by atoms with Crippen molar-refractivity contribution in [3.05, 3.63) is 36.7 Å². The summed E-state index contributed by atoms with van der Waals surface area (Å²) in [6.07, 6.45) is 3.79. The number of rotatable bonds is 5. The molecule has 1 aliphatic heterocycles. The Kier molecular flexibility index (Phi) is 3.83. The van der Waals surface area contributed by atoms with E-state index < -0.39 is 0 Å². The topological polar surface area (TPSA) is 34.0 Å². The van der Waals surface area contributed by atoms with E-state index in [2.05, 4.69) is 52.7 Å². The fourth-order valence-corrected chi connectivity index (χ4v) is 4.26. The quantitative estimate of drug-likeness (QED) is 0.557. The Balaban J connectivity index is 1.80. The Hall–Kier alpha value is -1.85. The SMILES string of the molecule is CCN(CC)CCn1nc2c3c(cccc31)Sc1ccncc1-2. The summed E-state index contributed by atoms with van der Waals surface area (Å²) in [4.78, 5) is 9.27. The van der Waals surface area contributed by atoms with Gasteiger partial charge in [-0.2, -0.15) is 5.10 Å². The van der Waals surface area contributed by atoms with E-state index in [-0.39, 0.29) is 0 Å². The van der Waals surface area contributed by atoms with E-state index in [0.29, 0.717) is 0 Å². The highest BCUT2D eigenvalue weighted by molar-refractivity contribution is 7.99. The molecule has 2 aromatic heterocycles. The zero-order valence-electron chi connectivity index (χ0n) is 13.5. The summed E-state index contributed by atoms with van der Waals surface area (Å²) in [5.41, 5.74) is 3.46. The van der Waals surface area contributed by atoms with Gasteiger partial charge in [-0.05, 0) is 31.3 Å². The van der Waals surface area contributed by atoms with Gasteiger partial charge in [0.2, 0.25) is 0 Å². The molecule has 5 heteroatoms. The Morgan fingerprint density at radius 3 is 2.83 bits per heavy atom. The van der Waals surface area contributed by atoms with Crippen LogP contribution in [0.3, 0.4) is 0 Å². The molecule has 0 N–H and O–H groups in total. The van der Waals surface area contributed by atoms with Gasteiger partial charge in [0.25, 0.3) is 0 Å². The smallest absolute Gasteiger partial charge is 0.104 e. The van der Waals surface area contributed by atoms with Gasteiger partial charge in [-0.25, -0.2) is 0 Å². The second-order valence-corrected chi connectivity index (χ2v) is 6.81. The number of nitrogens with zero attached hydrogens (tertiary/aromatic N) is 4. The Morgan fingerprint density at radius 1 is 1.13 bits per heavy atom. The van der Waals surface area contributed by atoms with Crippen molar-refractivity contribution in [2.75, 3.05) is 19.6 Å². The Bertz CT molecular complexity index is 851. The van der Waals surface area contributed by atoms with Crippen molar-refractivity contribution in [3.63, 3.8) is 0 Å². The normalized spacial score (nSPS) is 12.8. The van der Waals surface area contributed by atoms with E-state index in [1.165, 1.54) is 20.7 Å². The third-order valence-electron chi connectivity index (χ3n) is 4.52. The fraction of sp³-hybridized carbons (Fsp3) is 0.333. The molecule has 0 radical (unpaired) electrons. The molecule has 0 saturated heterocycles. The predicted molar refractivity (Wildman–Crippen MR) is 94.9 cm³/mol. The molecular formula is C18H20N4S. The lowest BCUT2D eigenvalue weighted by Gasteiger charge is -2.17. The van der Waals surface area contributed by atoms with Crippen molar-refractivity contribution in [1.29, 1.82) is 0 Å². The first kappa shape index (κ1) is 14.7. The molecule has 4 nitrogen and oxygen atoms in total. The van der Waals surface area contributed by atoms with Crippen LogP contribution in [0.25, 0.3) is 22.2 Å². The van der Waals surface area contributed by atoms with E-state index in [1.54, 1.807) is 0 Å². The summed E-state index contributed by atoms with van der Waals surface area (Å²) in [6.45, 7) is 8.52. The lowest BCUT2D eigenvalue weighted by Crippen LogP contribution is -2.27. The molecule has 0 bridgehead atoms. The number of hydrogen-bond acceptors (Lipinski definition) is 4. The van der Waals surface area contributed by atoms with E-state index in [9.17, 15) is 0 Å². The average Bonchev–Trinajstić information content (AvgIpc) is 2.97. The molecule has 23 heavy (non-hydrogen) atoms. The van der Waals surface area contributed by atoms with E-state index in [1.807, 2.05) is 24.2 Å². The van der Waals surface area contributed by atoms with Crippen molar-refractivity contribution < 1.29 is 0 Å². The van der Waals surface area contributed by atoms with Gasteiger partial charge in [0.1, 0.15) is 5.69 Å². The highest BCUT2D eigenvalue weighted by Gasteiger charge is 2.23. The van der Waals surface area contributed by atoms with Gasteiger partial charge in [-0.3, -0.25) is 9.67 Å². The highest BCUT2D eigenvalue weighted by atomic mass is 32.2. The molecule has 0 saturated carbocycles. The Labute approximate surface area is 140 Å². The standard InChI is InChI=1S/C18H20N4S/c1-3-21(4-2)10-11-22-14-6-5-7-16-17(14)18(20-22)13-12-19-9-8-15(13)23-16/h5-9,12H,3-4,10-11H2,1-2H3. The van der Waals surface area contributed by atoms with Crippen molar-refractivity contribution in [2.24, 2.45) is 0 Å². The molecule has 0 atom stereocenters. The molecule has 3 aromatic rings. The molecular weight excluding hydrogens is 304 g/mol. The first-order chi connectivity index (χ1) is 11.3. The Morgan fingerprint density at radius 2 is 2.00 bits per heavy atom. The largest absolute Gasteiger partial charge is 0.302 e. The van der Waals surface area contributed by atoms with Crippen molar-refractivity contribution in [3.8, 4) is 11.3 Å². The van der Waals surface area contributed by atoms with Gasteiger partial charge < -0.3 is 4.90 Å². The van der Waals surface area contributed by atoms with Crippen molar-refractivity contribution in [2.45, 2.75) is 30.2 Å². The maximum absolute atomic E-state index is 4.94. The van der Waals surface area contributed by atoms with Crippen LogP contribution in [0, 0.1) is 0 Å². The molecule has 1 aromatic carbocycles. The van der Waals surface area contributed by atoms with Gasteiger partial charge in [0.15, 0.2) is 0 Å². The summed E-state index contributed by atoms with van der Waals surface area (Å²) >= 11 is 1.82. The molecule has 0 spiro atoms. The number of hydrogen-bond donors (Lipinski definition) is 0. The summed E-state index contributed by atoms with van der Waals surface area (Å²) in [5.74, 6) is 0. The molecule has 4 rings (SSSR count). The van der Waals surface area contributed by atoms with Crippen LogP contribution >= 0.6 is 11.8 Å². The number of benzene rings is 1. The molecule has 1 aliphatic rings. The third-order valence-corrected chi connectivity index (χ3v) is 5.65. The third kappa shape index (κ3) is 2.44. The zero-order chi connectivity index (χ0) is 15.8. The number of aromatic nitrogens is 3. The second kappa shape index (κ2) is 5.98. The van der Waals surface area contributed by atoms with Crippen LogP contribution in [0.2, 0.25) is 0 Å². The highest BCUT2D eigenvalue weighted by Crippen LogP contribution is 2.46. The van der Waals surface area contributed by atoms with E-state index >= 15 is 0 Å². The van der Waals surface area contributed by atoms with Crippen LogP contribution < -0.4 is 0 Å². The van der Waals surface area contributed by atoms with Gasteiger partial charge in [0, 0.05) is 39.7 Å². The summed E-state index contributed by atoms with van der Waals surface area (Å²) in [7, 11) is 0. The van der Waals surface area contributed by atoms with Crippen LogP contribution in [-0.2, 0) is 6.54 Å². The van der Waals surface area contributed by atoms with Crippen molar-refractivity contribution in [1.82, 2.24) is 19.7 Å². The lowest BCUT2D eigenvalue weighted by molar-refractivity contribution is 0.287. The van der Waals surface area contributed by atoms with Gasteiger partial charge in [0.05, 0.1) is 12.1 Å². The van der Waals surface area contributed by atoms with Crippen LogP contribution in [0.1, 0.15) is 13.8 Å². The minimum atomic E-state index is 0.919. The minimum absolute atomic E-state index is 0.919. The molecule has 3 heterocycles. The maximum atomic E-state index is 4.94. The molecule has 0 amide bonds. The van der Waals surface area contributed by atoms with Gasteiger partial charge >= 0.3 is 0 Å². The summed E-state index contributed by atoms with van der Waals surface area (Å²) < 4.78 is 2.16. The van der Waals surface area contributed by atoms with Crippen LogP contribution in [0.15, 0.2) is 46.5 Å². The molecule has 0 fully saturated rings. The molecule has 0 unspecified atom stereocenters. The minimum Gasteiger partial charge on any atom is -0.302 e. The summed E-state index contributed by atoms with van der Waals surface area (Å²) in [6, 6.07) is 8.59. The second-order valence-electron chi connectivity index (χ2n) is 5.72. The first-order valence-electron chi connectivity index (χ1n) is 8.16. The first-order valence-corrected chi connectivity index (χ1v) is 8.97. The van der Waals surface area contributed by atoms with Crippen LogP contribution in [0.5, 0.6) is 0 Å². The molecule has 0 aliphatic carbocycles. The van der Waals surface area contributed by atoms with Crippen LogP contribution in [0.4, 0.5) is 0 Å². The number of fused-ring (bicyclic) bond motifs is 2. The number of pyridine rings is 1. The number of likely N-dealkylation sites (N-methyl/N-ethyl adjacent to an activating group) is 1. The van der Waals surface area contributed by atoms with E-state index in [4.69, 9.17) is 5.10 Å². The van der Waals surface area contributed by atoms with Gasteiger partial charge in [-0.1, -0.05) is 31.7 Å². The van der Waals surface area contributed by atoms with Gasteiger partial charge in [-0.15, -0.1) is 0 Å². The maximum Gasteiger partial charge on any atom is 0.104 e. The average molecular weight is 324 g/mol. The van der Waals surface area contributed by atoms with Crippen LogP contribution in [-0.4, -0.2) is 39.3 Å². The van der Waals surface area contributed by atoms with Crippen molar-refractivity contribution >= 4 is 22.7 Å². The molecule has 118 valence electrons. The summed E-state index contributed by atoms with van der Waals surface area (Å²) in [5, 5.41) is 6.21. The lowest BCUT2D eigenvalue weighted by atomic mass is 10.1. The monoisotopic (exact) mass is 324 g/mol.